The third kappa shape index (κ3) is 2.16. The van der Waals surface area contributed by atoms with Gasteiger partial charge in [-0.1, -0.05) is 30.3 Å². The molecule has 4 rings (SSSR count). The van der Waals surface area contributed by atoms with E-state index in [1.165, 1.54) is 12.1 Å². The van der Waals surface area contributed by atoms with Gasteiger partial charge in [0.15, 0.2) is 5.82 Å². The number of non-ortho nitro benzene ring substituents is 1. The van der Waals surface area contributed by atoms with Crippen LogP contribution < -0.4 is 10.3 Å². The van der Waals surface area contributed by atoms with Crippen molar-refractivity contribution in [3.63, 3.8) is 0 Å². The summed E-state index contributed by atoms with van der Waals surface area (Å²) < 4.78 is 1.82. The molecule has 0 fully saturated rings. The number of nitro groups is 1. The van der Waals surface area contributed by atoms with Crippen molar-refractivity contribution >= 4 is 17.3 Å². The number of nitrogens with one attached hydrogen (secondary N) is 1. The van der Waals surface area contributed by atoms with E-state index in [4.69, 9.17) is 0 Å². The number of anilines is 2. The minimum absolute atomic E-state index is 0.0624. The fourth-order valence-corrected chi connectivity index (χ4v) is 2.54. The van der Waals surface area contributed by atoms with Crippen LogP contribution in [0, 0.1) is 10.1 Å². The first kappa shape index (κ1) is 13.3. The Morgan fingerprint density at radius 3 is 2.48 bits per heavy atom. The Bertz CT molecular complexity index is 859. The van der Waals surface area contributed by atoms with Crippen LogP contribution in [0.2, 0.25) is 0 Å². The van der Waals surface area contributed by atoms with E-state index in [0.717, 1.165) is 17.1 Å². The van der Waals surface area contributed by atoms with Crippen LogP contribution in [-0.4, -0.2) is 26.5 Å². The van der Waals surface area contributed by atoms with E-state index in [2.05, 4.69) is 15.6 Å². The zero-order valence-electron chi connectivity index (χ0n) is 12.0. The highest BCUT2D eigenvalue weighted by molar-refractivity contribution is 5.66. The highest BCUT2D eigenvalue weighted by atomic mass is 16.6. The van der Waals surface area contributed by atoms with E-state index in [9.17, 15) is 10.1 Å². The first-order valence-electron chi connectivity index (χ1n) is 7.01. The first-order chi connectivity index (χ1) is 11.2. The molecule has 0 spiro atoms. The zero-order chi connectivity index (χ0) is 15.8. The van der Waals surface area contributed by atoms with Gasteiger partial charge in [0.2, 0.25) is 0 Å². The molecular weight excluding hydrogens is 296 g/mol. The van der Waals surface area contributed by atoms with Gasteiger partial charge >= 0.3 is 0 Å². The highest BCUT2D eigenvalue weighted by Crippen LogP contribution is 2.31. The summed E-state index contributed by atoms with van der Waals surface area (Å²) >= 11 is 0. The Labute approximate surface area is 131 Å². The Morgan fingerprint density at radius 1 is 1.04 bits per heavy atom. The first-order valence-corrected chi connectivity index (χ1v) is 7.01. The molecule has 1 aromatic heterocycles. The van der Waals surface area contributed by atoms with E-state index >= 15 is 0 Å². The standard InChI is InChI=1S/C15H12N6O2/c22-21(23)13-8-6-12(7-9-13)19-10-16-20-14(17-18-15(19)20)11-4-2-1-3-5-11/h1-9,16H,10H2. The number of aromatic nitrogens is 3. The van der Waals surface area contributed by atoms with Gasteiger partial charge in [0.1, 0.15) is 6.67 Å². The van der Waals surface area contributed by atoms with Crippen molar-refractivity contribution in [2.24, 2.45) is 0 Å². The lowest BCUT2D eigenvalue weighted by molar-refractivity contribution is -0.384. The van der Waals surface area contributed by atoms with Crippen molar-refractivity contribution in [3.8, 4) is 11.4 Å². The quantitative estimate of drug-likeness (QED) is 0.590. The fraction of sp³-hybridized carbons (Fsp3) is 0.0667. The number of fused-ring (bicyclic) bond motifs is 1. The maximum Gasteiger partial charge on any atom is 0.269 e. The molecule has 0 radical (unpaired) electrons. The number of hydrogen-bond donors (Lipinski definition) is 1. The predicted molar refractivity (Wildman–Crippen MR) is 84.9 cm³/mol. The second-order valence-electron chi connectivity index (χ2n) is 5.04. The second-order valence-corrected chi connectivity index (χ2v) is 5.04. The van der Waals surface area contributed by atoms with E-state index in [1.54, 1.807) is 12.1 Å². The monoisotopic (exact) mass is 308 g/mol. The minimum Gasteiger partial charge on any atom is -0.301 e. The second kappa shape index (κ2) is 5.09. The van der Waals surface area contributed by atoms with Gasteiger partial charge in [0.25, 0.3) is 11.6 Å². The summed E-state index contributed by atoms with van der Waals surface area (Å²) in [4.78, 5) is 12.2. The Kier molecular flexibility index (Phi) is 2.94. The lowest BCUT2D eigenvalue weighted by atomic mass is 10.2. The van der Waals surface area contributed by atoms with Crippen molar-refractivity contribution in [2.45, 2.75) is 0 Å². The van der Waals surface area contributed by atoms with Crippen LogP contribution in [0.4, 0.5) is 17.3 Å². The molecule has 0 atom stereocenters. The molecule has 8 nitrogen and oxygen atoms in total. The van der Waals surface area contributed by atoms with Gasteiger partial charge < -0.3 is 5.43 Å². The van der Waals surface area contributed by atoms with Crippen molar-refractivity contribution in [1.29, 1.82) is 0 Å². The number of nitrogens with zero attached hydrogens (tertiary/aromatic N) is 5. The minimum atomic E-state index is -0.415. The summed E-state index contributed by atoms with van der Waals surface area (Å²) in [6, 6.07) is 16.1. The normalized spacial score (nSPS) is 12.8. The van der Waals surface area contributed by atoms with Gasteiger partial charge in [-0.05, 0) is 12.1 Å². The zero-order valence-corrected chi connectivity index (χ0v) is 12.0. The maximum atomic E-state index is 10.7. The summed E-state index contributed by atoms with van der Waals surface area (Å²) in [6.07, 6.45) is 0. The molecule has 0 saturated carbocycles. The van der Waals surface area contributed by atoms with Gasteiger partial charge in [0.05, 0.1) is 4.92 Å². The number of nitro benzene ring substituents is 1. The average molecular weight is 308 g/mol. The van der Waals surface area contributed by atoms with Gasteiger partial charge in [-0.3, -0.25) is 15.0 Å². The van der Waals surface area contributed by atoms with Crippen LogP contribution in [0.15, 0.2) is 54.6 Å². The largest absolute Gasteiger partial charge is 0.301 e. The fourth-order valence-electron chi connectivity index (χ4n) is 2.54. The SMILES string of the molecule is O=[N+]([O-])c1ccc(N2CNn3c(-c4ccccc4)nnc32)cc1. The summed E-state index contributed by atoms with van der Waals surface area (Å²) in [5, 5.41) is 19.2. The summed E-state index contributed by atoms with van der Waals surface area (Å²) in [7, 11) is 0. The molecule has 1 N–H and O–H groups in total. The third-order valence-corrected chi connectivity index (χ3v) is 3.68. The number of rotatable bonds is 3. The molecule has 0 saturated heterocycles. The lowest BCUT2D eigenvalue weighted by Crippen LogP contribution is -2.18. The van der Waals surface area contributed by atoms with Crippen molar-refractivity contribution in [3.05, 3.63) is 64.7 Å². The average Bonchev–Trinajstić information content (AvgIpc) is 3.17. The molecule has 0 amide bonds. The molecule has 2 heterocycles. The molecule has 3 aromatic rings. The number of benzene rings is 2. The van der Waals surface area contributed by atoms with Crippen molar-refractivity contribution in [1.82, 2.24) is 14.9 Å². The molecule has 1 aliphatic heterocycles. The Morgan fingerprint density at radius 2 is 1.78 bits per heavy atom. The molecule has 8 heteroatoms. The lowest BCUT2D eigenvalue weighted by Gasteiger charge is -2.13. The van der Waals surface area contributed by atoms with Crippen LogP contribution in [0.3, 0.4) is 0 Å². The van der Waals surface area contributed by atoms with Gasteiger partial charge in [-0.2, -0.15) is 0 Å². The van der Waals surface area contributed by atoms with Crippen molar-refractivity contribution < 1.29 is 4.92 Å². The van der Waals surface area contributed by atoms with E-state index in [0.29, 0.717) is 12.6 Å². The molecule has 23 heavy (non-hydrogen) atoms. The van der Waals surface area contributed by atoms with Gasteiger partial charge in [-0.15, -0.1) is 10.2 Å². The van der Waals surface area contributed by atoms with Crippen LogP contribution >= 0.6 is 0 Å². The van der Waals surface area contributed by atoms with E-state index in [-0.39, 0.29) is 5.69 Å². The van der Waals surface area contributed by atoms with Crippen LogP contribution in [0.25, 0.3) is 11.4 Å². The molecule has 2 aromatic carbocycles. The maximum absolute atomic E-state index is 10.7. The smallest absolute Gasteiger partial charge is 0.269 e. The summed E-state index contributed by atoms with van der Waals surface area (Å²) in [5.41, 5.74) is 5.06. The van der Waals surface area contributed by atoms with E-state index < -0.39 is 4.92 Å². The van der Waals surface area contributed by atoms with Crippen molar-refractivity contribution in [2.75, 3.05) is 17.0 Å². The molecule has 0 bridgehead atoms. The van der Waals surface area contributed by atoms with Crippen LogP contribution in [0.5, 0.6) is 0 Å². The Hall–Kier alpha value is -3.42. The van der Waals surface area contributed by atoms with E-state index in [1.807, 2.05) is 39.9 Å². The molecule has 1 aliphatic rings. The van der Waals surface area contributed by atoms with Gasteiger partial charge in [-0.25, -0.2) is 4.68 Å². The predicted octanol–water partition coefficient (Wildman–Crippen LogP) is 2.51. The molecule has 114 valence electrons. The molecule has 0 aliphatic carbocycles. The highest BCUT2D eigenvalue weighted by Gasteiger charge is 2.26. The van der Waals surface area contributed by atoms with Crippen LogP contribution in [0.1, 0.15) is 0 Å². The van der Waals surface area contributed by atoms with Gasteiger partial charge in [0, 0.05) is 23.4 Å². The third-order valence-electron chi connectivity index (χ3n) is 3.68. The summed E-state index contributed by atoms with van der Waals surface area (Å²) in [5.74, 6) is 1.38. The number of hydrogen-bond acceptors (Lipinski definition) is 6. The topological polar surface area (TPSA) is 89.1 Å². The van der Waals surface area contributed by atoms with Crippen LogP contribution in [-0.2, 0) is 0 Å². The molecule has 0 unspecified atom stereocenters. The summed E-state index contributed by atoms with van der Waals surface area (Å²) in [6.45, 7) is 0.516. The Balaban J connectivity index is 1.69. The molecular formula is C15H12N6O2.